The van der Waals surface area contributed by atoms with Crippen molar-refractivity contribution in [2.45, 2.75) is 0 Å². The van der Waals surface area contributed by atoms with E-state index in [-0.39, 0.29) is 10.9 Å². The van der Waals surface area contributed by atoms with Crippen LogP contribution >= 0.6 is 40.1 Å². The van der Waals surface area contributed by atoms with E-state index in [1.807, 2.05) is 0 Å². The summed E-state index contributed by atoms with van der Waals surface area (Å²) in [7, 11) is 0. The molecule has 1 rings (SSSR count). The number of nitro benzene ring substituents is 1. The molecule has 0 aliphatic rings. The molecule has 1 aromatic rings. The normalized spacial score (nSPS) is 12.6. The van der Waals surface area contributed by atoms with Crippen LogP contribution in [-0.2, 0) is 4.57 Å². The number of benzene rings is 1. The molecule has 0 amide bonds. The lowest BCUT2D eigenvalue weighted by Crippen LogP contribution is -1.92. The second-order valence-electron chi connectivity index (χ2n) is 2.63. The van der Waals surface area contributed by atoms with Crippen LogP contribution in [0.25, 0.3) is 0 Å². The number of nitrogens with zero attached hydrogens (tertiary/aromatic N) is 2. The van der Waals surface area contributed by atoms with Crippen LogP contribution in [0.1, 0.15) is 5.56 Å². The van der Waals surface area contributed by atoms with Gasteiger partial charge in [-0.2, -0.15) is 4.76 Å². The van der Waals surface area contributed by atoms with Gasteiger partial charge in [0.2, 0.25) is 0 Å². The Kier molecular flexibility index (Phi) is 4.33. The van der Waals surface area contributed by atoms with E-state index in [2.05, 4.69) is 4.76 Å². The molecule has 0 fully saturated rings. The van der Waals surface area contributed by atoms with Gasteiger partial charge in [-0.15, -0.1) is 0 Å². The van der Waals surface area contributed by atoms with Gasteiger partial charge in [0, 0.05) is 17.7 Å². The van der Waals surface area contributed by atoms with Crippen molar-refractivity contribution in [3.05, 3.63) is 39.9 Å². The van der Waals surface area contributed by atoms with Gasteiger partial charge in [0.15, 0.2) is 0 Å². The predicted octanol–water partition coefficient (Wildman–Crippen LogP) is 4.17. The Balaban J connectivity index is 3.03. The molecule has 16 heavy (non-hydrogen) atoms. The van der Waals surface area contributed by atoms with Crippen molar-refractivity contribution in [1.29, 1.82) is 0 Å². The number of halogens is 3. The van der Waals surface area contributed by atoms with Gasteiger partial charge in [-0.1, -0.05) is 11.6 Å². The van der Waals surface area contributed by atoms with Crippen molar-refractivity contribution in [3.63, 3.8) is 0 Å². The monoisotopic (exact) mass is 300 g/mol. The van der Waals surface area contributed by atoms with Gasteiger partial charge in [0.05, 0.1) is 4.92 Å². The first-order valence-corrected chi connectivity index (χ1v) is 7.64. The first-order chi connectivity index (χ1) is 7.29. The Hall–Kier alpha value is -0.610. The molecule has 0 spiro atoms. The van der Waals surface area contributed by atoms with Crippen LogP contribution in [0.2, 0.25) is 0 Å². The molecule has 0 aliphatic heterocycles. The fourth-order valence-electron chi connectivity index (χ4n) is 0.881. The second-order valence-corrected chi connectivity index (χ2v) is 7.33. The molecule has 0 heterocycles. The zero-order valence-electron chi connectivity index (χ0n) is 7.51. The lowest BCUT2D eigenvalue weighted by molar-refractivity contribution is -0.384. The number of nitro groups is 1. The fraction of sp³-hybridized carbons (Fsp3) is 0. The summed E-state index contributed by atoms with van der Waals surface area (Å²) in [6.07, 6.45) is 0. The van der Waals surface area contributed by atoms with Gasteiger partial charge in [0.25, 0.3) is 5.69 Å². The van der Waals surface area contributed by atoms with Crippen molar-refractivity contribution in [2.75, 3.05) is 0 Å². The average molecular weight is 301 g/mol. The smallest absolute Gasteiger partial charge is 0.262 e. The van der Waals surface area contributed by atoms with E-state index in [0.29, 0.717) is 5.56 Å². The summed E-state index contributed by atoms with van der Waals surface area (Å²) in [5, 5.41) is 10.2. The quantitative estimate of drug-likeness (QED) is 0.364. The summed E-state index contributed by atoms with van der Waals surface area (Å²) in [6, 6.07) is 5.18. The average Bonchev–Trinajstić information content (AvgIpc) is 2.15. The summed E-state index contributed by atoms with van der Waals surface area (Å²) >= 11 is 16.1. The highest BCUT2D eigenvalue weighted by Crippen LogP contribution is 2.58. The summed E-state index contributed by atoms with van der Waals surface area (Å²) < 4.78 is 14.3. The van der Waals surface area contributed by atoms with E-state index in [4.69, 9.17) is 34.1 Å². The Morgan fingerprint density at radius 1 is 1.31 bits per heavy atom. The summed E-state index contributed by atoms with van der Waals surface area (Å²) in [5.41, 5.74) is 0.252. The molecular weight excluding hydrogens is 297 g/mol. The molecule has 86 valence electrons. The largest absolute Gasteiger partial charge is 0.365 e. The maximum absolute atomic E-state index is 10.9. The van der Waals surface area contributed by atoms with E-state index >= 15 is 0 Å². The number of hydrogen-bond acceptors (Lipinski definition) is 3. The molecular formula is C7H4Cl3N2O3P. The standard InChI is InChI=1S/C7H4Cl3N2O3P/c8-7(11-16(9,10)15)5-1-3-6(4-2-5)12(13)14/h1-4H. The molecule has 0 atom stereocenters. The summed E-state index contributed by atoms with van der Waals surface area (Å²) in [5.74, 6) is -3.65. The molecule has 0 N–H and O–H groups in total. The van der Waals surface area contributed by atoms with Gasteiger partial charge in [-0.3, -0.25) is 14.7 Å². The highest BCUT2D eigenvalue weighted by atomic mass is 35.9. The topological polar surface area (TPSA) is 72.6 Å². The first-order valence-electron chi connectivity index (χ1n) is 3.79. The van der Waals surface area contributed by atoms with E-state index in [1.165, 1.54) is 24.3 Å². The molecule has 0 saturated carbocycles. The minimum atomic E-state index is -3.65. The highest BCUT2D eigenvalue weighted by Gasteiger charge is 2.14. The Morgan fingerprint density at radius 2 is 1.81 bits per heavy atom. The molecule has 0 radical (unpaired) electrons. The molecule has 0 aromatic heterocycles. The molecule has 0 saturated heterocycles. The van der Waals surface area contributed by atoms with E-state index < -0.39 is 10.9 Å². The van der Waals surface area contributed by atoms with Gasteiger partial charge in [0.1, 0.15) is 5.17 Å². The van der Waals surface area contributed by atoms with Crippen LogP contribution in [0, 0.1) is 10.1 Å². The molecule has 0 aliphatic carbocycles. The van der Waals surface area contributed by atoms with Gasteiger partial charge >= 0.3 is 6.00 Å². The van der Waals surface area contributed by atoms with E-state index in [0.717, 1.165) is 0 Å². The Labute approximate surface area is 105 Å². The Bertz CT molecular complexity index is 482. The minimum Gasteiger partial charge on any atom is -0.262 e. The third-order valence-corrected chi connectivity index (χ3v) is 2.83. The van der Waals surface area contributed by atoms with Gasteiger partial charge < -0.3 is 0 Å². The maximum atomic E-state index is 10.9. The van der Waals surface area contributed by atoms with Crippen molar-refractivity contribution in [2.24, 2.45) is 4.76 Å². The van der Waals surface area contributed by atoms with Crippen LogP contribution in [0.3, 0.4) is 0 Å². The summed E-state index contributed by atoms with van der Waals surface area (Å²) in [6.45, 7) is 0. The SMILES string of the molecule is O=[N+]([O-])c1ccc(C(Cl)=NP(=O)(Cl)Cl)cc1. The zero-order chi connectivity index (χ0) is 12.3. The number of rotatable bonds is 3. The number of hydrogen-bond donors (Lipinski definition) is 0. The van der Waals surface area contributed by atoms with Crippen LogP contribution in [0.5, 0.6) is 0 Å². The van der Waals surface area contributed by atoms with E-state index in [9.17, 15) is 14.7 Å². The van der Waals surface area contributed by atoms with Crippen LogP contribution in [-0.4, -0.2) is 10.1 Å². The molecule has 1 aromatic carbocycles. The second kappa shape index (κ2) is 5.15. The summed E-state index contributed by atoms with van der Waals surface area (Å²) in [4.78, 5) is 9.81. The van der Waals surface area contributed by atoms with Crippen molar-refractivity contribution in [1.82, 2.24) is 0 Å². The molecule has 9 heteroatoms. The minimum absolute atomic E-state index is 0.0897. The highest BCUT2D eigenvalue weighted by molar-refractivity contribution is 8.07. The van der Waals surface area contributed by atoms with Gasteiger partial charge in [-0.05, 0) is 34.6 Å². The van der Waals surface area contributed by atoms with Crippen LogP contribution in [0.4, 0.5) is 5.69 Å². The van der Waals surface area contributed by atoms with Gasteiger partial charge in [-0.25, -0.2) is 0 Å². The third kappa shape index (κ3) is 4.10. The zero-order valence-corrected chi connectivity index (χ0v) is 10.7. The third-order valence-electron chi connectivity index (χ3n) is 1.52. The number of non-ortho nitro benzene ring substituents is 1. The van der Waals surface area contributed by atoms with Crippen LogP contribution < -0.4 is 0 Å². The van der Waals surface area contributed by atoms with Crippen molar-refractivity contribution >= 4 is 50.9 Å². The van der Waals surface area contributed by atoms with Crippen molar-refractivity contribution < 1.29 is 9.49 Å². The molecule has 5 nitrogen and oxygen atoms in total. The van der Waals surface area contributed by atoms with E-state index in [1.54, 1.807) is 0 Å². The fourth-order valence-corrected chi connectivity index (χ4v) is 2.33. The maximum Gasteiger partial charge on any atom is 0.365 e. The lowest BCUT2D eigenvalue weighted by atomic mass is 10.2. The van der Waals surface area contributed by atoms with Crippen LogP contribution in [0.15, 0.2) is 29.0 Å². The lowest BCUT2D eigenvalue weighted by Gasteiger charge is -1.99. The first kappa shape index (κ1) is 13.5. The Morgan fingerprint density at radius 3 is 2.19 bits per heavy atom. The van der Waals surface area contributed by atoms with Crippen molar-refractivity contribution in [3.8, 4) is 0 Å². The predicted molar refractivity (Wildman–Crippen MR) is 64.8 cm³/mol. The molecule has 0 bridgehead atoms. The molecule has 0 unspecified atom stereocenters.